The quantitative estimate of drug-likeness (QED) is 0.831. The van der Waals surface area contributed by atoms with Crippen molar-refractivity contribution < 1.29 is 13.8 Å². The molecule has 6 nitrogen and oxygen atoms in total. The SMILES string of the molecule is Cc1cc(CCNC(=O)c2ccno2)on1. The van der Waals surface area contributed by atoms with E-state index in [1.165, 1.54) is 12.3 Å². The Morgan fingerprint density at radius 3 is 3.00 bits per heavy atom. The summed E-state index contributed by atoms with van der Waals surface area (Å²) < 4.78 is 9.70. The molecule has 16 heavy (non-hydrogen) atoms. The molecular weight excluding hydrogens is 210 g/mol. The normalized spacial score (nSPS) is 10.3. The predicted molar refractivity (Wildman–Crippen MR) is 53.8 cm³/mol. The van der Waals surface area contributed by atoms with E-state index in [0.717, 1.165) is 11.5 Å². The molecule has 0 aliphatic carbocycles. The van der Waals surface area contributed by atoms with Crippen LogP contribution in [0.5, 0.6) is 0 Å². The summed E-state index contributed by atoms with van der Waals surface area (Å²) in [7, 11) is 0. The number of carbonyl (C=O) groups excluding carboxylic acids is 1. The topological polar surface area (TPSA) is 81.2 Å². The van der Waals surface area contributed by atoms with Gasteiger partial charge in [-0.25, -0.2) is 0 Å². The predicted octanol–water partition coefficient (Wildman–Crippen LogP) is 0.944. The van der Waals surface area contributed by atoms with Crippen molar-refractivity contribution in [1.29, 1.82) is 0 Å². The smallest absolute Gasteiger partial charge is 0.289 e. The maximum absolute atomic E-state index is 11.4. The van der Waals surface area contributed by atoms with E-state index in [1.807, 2.05) is 13.0 Å². The van der Waals surface area contributed by atoms with Crippen molar-refractivity contribution in [2.45, 2.75) is 13.3 Å². The monoisotopic (exact) mass is 221 g/mol. The second-order valence-corrected chi connectivity index (χ2v) is 3.32. The average Bonchev–Trinajstić information content (AvgIpc) is 2.89. The maximum Gasteiger partial charge on any atom is 0.289 e. The number of hydrogen-bond donors (Lipinski definition) is 1. The maximum atomic E-state index is 11.4. The third-order valence-electron chi connectivity index (χ3n) is 2.00. The number of nitrogens with one attached hydrogen (secondary N) is 1. The molecule has 84 valence electrons. The van der Waals surface area contributed by atoms with Gasteiger partial charge in [-0.3, -0.25) is 4.79 Å². The minimum Gasteiger partial charge on any atom is -0.361 e. The second kappa shape index (κ2) is 4.61. The molecule has 0 bridgehead atoms. The first-order chi connectivity index (χ1) is 7.75. The summed E-state index contributed by atoms with van der Waals surface area (Å²) in [6, 6.07) is 3.34. The molecule has 1 N–H and O–H groups in total. The summed E-state index contributed by atoms with van der Waals surface area (Å²) in [5.41, 5.74) is 0.830. The fraction of sp³-hybridized carbons (Fsp3) is 0.300. The van der Waals surface area contributed by atoms with E-state index in [0.29, 0.717) is 13.0 Å². The zero-order valence-electron chi connectivity index (χ0n) is 8.77. The Morgan fingerprint density at radius 2 is 2.38 bits per heavy atom. The van der Waals surface area contributed by atoms with Crippen LogP contribution in [-0.4, -0.2) is 22.8 Å². The number of amides is 1. The van der Waals surface area contributed by atoms with Crippen molar-refractivity contribution in [2.75, 3.05) is 6.54 Å². The van der Waals surface area contributed by atoms with Crippen molar-refractivity contribution in [1.82, 2.24) is 15.6 Å². The van der Waals surface area contributed by atoms with E-state index < -0.39 is 0 Å². The molecule has 0 saturated carbocycles. The van der Waals surface area contributed by atoms with Crippen LogP contribution in [-0.2, 0) is 6.42 Å². The molecule has 0 aliphatic heterocycles. The number of nitrogens with zero attached hydrogens (tertiary/aromatic N) is 2. The molecule has 0 saturated heterocycles. The summed E-state index contributed by atoms with van der Waals surface area (Å²) in [4.78, 5) is 11.4. The van der Waals surface area contributed by atoms with Crippen LogP contribution in [0.25, 0.3) is 0 Å². The van der Waals surface area contributed by atoms with E-state index in [-0.39, 0.29) is 11.7 Å². The van der Waals surface area contributed by atoms with Gasteiger partial charge in [-0.1, -0.05) is 10.3 Å². The number of aromatic nitrogens is 2. The van der Waals surface area contributed by atoms with Gasteiger partial charge >= 0.3 is 0 Å². The van der Waals surface area contributed by atoms with Crippen LogP contribution in [0.15, 0.2) is 27.4 Å². The molecular formula is C10H11N3O3. The van der Waals surface area contributed by atoms with Gasteiger partial charge in [0, 0.05) is 25.1 Å². The van der Waals surface area contributed by atoms with Crippen LogP contribution in [0, 0.1) is 6.92 Å². The minimum absolute atomic E-state index is 0.203. The van der Waals surface area contributed by atoms with E-state index in [9.17, 15) is 4.79 Å². The van der Waals surface area contributed by atoms with Crippen molar-refractivity contribution in [2.24, 2.45) is 0 Å². The molecule has 0 aromatic carbocycles. The highest BCUT2D eigenvalue weighted by Gasteiger charge is 2.09. The lowest BCUT2D eigenvalue weighted by Gasteiger charge is -1.99. The summed E-state index contributed by atoms with van der Waals surface area (Å²) in [6.45, 7) is 2.31. The highest BCUT2D eigenvalue weighted by atomic mass is 16.5. The number of carbonyl (C=O) groups is 1. The van der Waals surface area contributed by atoms with Crippen LogP contribution in [0.2, 0.25) is 0 Å². The fourth-order valence-corrected chi connectivity index (χ4v) is 1.25. The Balaban J connectivity index is 1.78. The molecule has 0 fully saturated rings. The van der Waals surface area contributed by atoms with Gasteiger partial charge in [-0.2, -0.15) is 0 Å². The Morgan fingerprint density at radius 1 is 1.50 bits per heavy atom. The first kappa shape index (κ1) is 10.4. The van der Waals surface area contributed by atoms with Crippen LogP contribution < -0.4 is 5.32 Å². The van der Waals surface area contributed by atoms with Gasteiger partial charge in [0.05, 0.1) is 11.9 Å². The van der Waals surface area contributed by atoms with Gasteiger partial charge in [-0.15, -0.1) is 0 Å². The van der Waals surface area contributed by atoms with Crippen molar-refractivity contribution in [3.63, 3.8) is 0 Å². The summed E-state index contributed by atoms with van der Waals surface area (Å²) in [5.74, 6) is 0.665. The molecule has 0 spiro atoms. The lowest BCUT2D eigenvalue weighted by Crippen LogP contribution is -2.25. The average molecular weight is 221 g/mol. The van der Waals surface area contributed by atoms with E-state index in [1.54, 1.807) is 0 Å². The van der Waals surface area contributed by atoms with Crippen molar-refractivity contribution in [3.05, 3.63) is 35.5 Å². The first-order valence-electron chi connectivity index (χ1n) is 4.87. The molecule has 6 heteroatoms. The molecule has 0 unspecified atom stereocenters. The first-order valence-corrected chi connectivity index (χ1v) is 4.87. The molecule has 1 amide bonds. The molecule has 2 rings (SSSR count). The number of aryl methyl sites for hydroxylation is 1. The molecule has 0 atom stereocenters. The van der Waals surface area contributed by atoms with Gasteiger partial charge in [0.2, 0.25) is 5.76 Å². The van der Waals surface area contributed by atoms with Gasteiger partial charge in [0.15, 0.2) is 0 Å². The lowest BCUT2D eigenvalue weighted by atomic mass is 10.3. The molecule has 2 aromatic heterocycles. The third kappa shape index (κ3) is 2.47. The third-order valence-corrected chi connectivity index (χ3v) is 2.00. The number of rotatable bonds is 4. The fourth-order valence-electron chi connectivity index (χ4n) is 1.25. The molecule has 0 aliphatic rings. The van der Waals surface area contributed by atoms with Crippen LogP contribution in [0.1, 0.15) is 22.0 Å². The van der Waals surface area contributed by atoms with Crippen LogP contribution in [0.3, 0.4) is 0 Å². The van der Waals surface area contributed by atoms with E-state index in [2.05, 4.69) is 15.6 Å². The molecule has 0 radical (unpaired) electrons. The Kier molecular flexibility index (Phi) is 3.00. The Labute approximate surface area is 91.6 Å². The minimum atomic E-state index is -0.284. The van der Waals surface area contributed by atoms with Crippen LogP contribution in [0.4, 0.5) is 0 Å². The molecule has 2 aromatic rings. The number of hydrogen-bond acceptors (Lipinski definition) is 5. The van der Waals surface area contributed by atoms with Gasteiger partial charge in [-0.05, 0) is 6.92 Å². The zero-order chi connectivity index (χ0) is 11.4. The van der Waals surface area contributed by atoms with E-state index in [4.69, 9.17) is 9.05 Å². The Bertz CT molecular complexity index is 461. The summed E-state index contributed by atoms with van der Waals surface area (Å²) in [5, 5.41) is 9.88. The largest absolute Gasteiger partial charge is 0.361 e. The van der Waals surface area contributed by atoms with E-state index >= 15 is 0 Å². The van der Waals surface area contributed by atoms with Gasteiger partial charge in [0.25, 0.3) is 5.91 Å². The zero-order valence-corrected chi connectivity index (χ0v) is 8.77. The van der Waals surface area contributed by atoms with Crippen molar-refractivity contribution in [3.8, 4) is 0 Å². The summed E-state index contributed by atoms with van der Waals surface area (Å²) in [6.07, 6.45) is 2.02. The summed E-state index contributed by atoms with van der Waals surface area (Å²) >= 11 is 0. The molecule has 2 heterocycles. The highest BCUT2D eigenvalue weighted by Crippen LogP contribution is 2.02. The Hall–Kier alpha value is -2.11. The second-order valence-electron chi connectivity index (χ2n) is 3.32. The van der Waals surface area contributed by atoms with Crippen LogP contribution >= 0.6 is 0 Å². The van der Waals surface area contributed by atoms with Crippen molar-refractivity contribution >= 4 is 5.91 Å². The lowest BCUT2D eigenvalue weighted by molar-refractivity contribution is 0.0916. The van der Waals surface area contributed by atoms with Gasteiger partial charge < -0.3 is 14.4 Å². The van der Waals surface area contributed by atoms with Gasteiger partial charge in [0.1, 0.15) is 5.76 Å². The highest BCUT2D eigenvalue weighted by molar-refractivity contribution is 5.91. The standard InChI is InChI=1S/C10H11N3O3/c1-7-6-8(15-13-7)2-4-11-10(14)9-3-5-12-16-9/h3,5-6H,2,4H2,1H3,(H,11,14).